The Bertz CT molecular complexity index is 577. The fraction of sp³-hybridized carbons (Fsp3) is 0.500. The molecule has 1 fully saturated rings. The van der Waals surface area contributed by atoms with Crippen LogP contribution in [-0.2, 0) is 9.53 Å². The molecular weight excluding hydrogens is 290 g/mol. The van der Waals surface area contributed by atoms with Gasteiger partial charge in [-0.15, -0.1) is 0 Å². The Morgan fingerprint density at radius 3 is 2.91 bits per heavy atom. The number of hydrazone groups is 1. The van der Waals surface area contributed by atoms with Gasteiger partial charge in [0.05, 0.1) is 12.8 Å². The minimum Gasteiger partial charge on any atom is -0.464 e. The van der Waals surface area contributed by atoms with E-state index >= 15 is 0 Å². The molecule has 1 atom stereocenters. The van der Waals surface area contributed by atoms with Gasteiger partial charge in [-0.05, 0) is 32.3 Å². The number of hydrogen-bond acceptors (Lipinski definition) is 4. The van der Waals surface area contributed by atoms with Gasteiger partial charge in [0.2, 0.25) is 0 Å². The van der Waals surface area contributed by atoms with Crippen molar-refractivity contribution in [1.29, 1.82) is 0 Å². The third-order valence-electron chi connectivity index (χ3n) is 4.01. The van der Waals surface area contributed by atoms with Gasteiger partial charge in [0.15, 0.2) is 17.2 Å². The molecule has 0 amide bonds. The number of ether oxygens (including phenoxy) is 1. The van der Waals surface area contributed by atoms with Crippen LogP contribution in [0.4, 0.5) is 8.78 Å². The van der Waals surface area contributed by atoms with Crippen molar-refractivity contribution in [2.24, 2.45) is 5.10 Å². The van der Waals surface area contributed by atoms with E-state index in [2.05, 4.69) is 5.10 Å². The van der Waals surface area contributed by atoms with Crippen LogP contribution in [0, 0.1) is 11.6 Å². The van der Waals surface area contributed by atoms with Crippen LogP contribution in [0.25, 0.3) is 0 Å². The molecule has 4 nitrogen and oxygen atoms in total. The Balaban J connectivity index is 2.25. The number of esters is 1. The molecule has 2 rings (SSSR count). The van der Waals surface area contributed by atoms with Crippen LogP contribution in [0.2, 0.25) is 0 Å². The molecule has 1 aromatic rings. The fourth-order valence-corrected chi connectivity index (χ4v) is 2.76. The number of carbonyl (C=O) groups is 1. The molecule has 0 aliphatic carbocycles. The maximum atomic E-state index is 13.7. The van der Waals surface area contributed by atoms with Crippen LogP contribution in [0.1, 0.15) is 38.7 Å². The SMILES string of the molecule is CCOC(=O)[C@@]1(CC)CCCN1/N=C/c1cccc(F)c1F. The first-order valence-corrected chi connectivity index (χ1v) is 7.48. The fourth-order valence-electron chi connectivity index (χ4n) is 2.76. The second kappa shape index (κ2) is 6.85. The van der Waals surface area contributed by atoms with Crippen molar-refractivity contribution in [3.8, 4) is 0 Å². The first kappa shape index (κ1) is 16.4. The van der Waals surface area contributed by atoms with Gasteiger partial charge in [0.1, 0.15) is 0 Å². The van der Waals surface area contributed by atoms with Crippen molar-refractivity contribution in [1.82, 2.24) is 5.01 Å². The second-order valence-electron chi connectivity index (χ2n) is 5.22. The van der Waals surface area contributed by atoms with Crippen molar-refractivity contribution in [3.05, 3.63) is 35.4 Å². The Labute approximate surface area is 128 Å². The Morgan fingerprint density at radius 2 is 2.23 bits per heavy atom. The second-order valence-corrected chi connectivity index (χ2v) is 5.22. The van der Waals surface area contributed by atoms with E-state index in [0.717, 1.165) is 12.5 Å². The largest absolute Gasteiger partial charge is 0.464 e. The average molecular weight is 310 g/mol. The molecule has 1 heterocycles. The molecule has 0 saturated carbocycles. The summed E-state index contributed by atoms with van der Waals surface area (Å²) in [7, 11) is 0. The molecule has 6 heteroatoms. The zero-order valence-electron chi connectivity index (χ0n) is 12.8. The standard InChI is InChI=1S/C16H20F2N2O2/c1-3-16(15(21)22-4-2)9-6-10-20(16)19-11-12-7-5-8-13(17)14(12)18/h5,7-8,11H,3-4,6,9-10H2,1-2H3/b19-11+/t16-/m1/s1. The van der Waals surface area contributed by atoms with Gasteiger partial charge < -0.3 is 4.74 Å². The lowest BCUT2D eigenvalue weighted by molar-refractivity contribution is -0.156. The molecule has 0 radical (unpaired) electrons. The van der Waals surface area contributed by atoms with E-state index in [-0.39, 0.29) is 11.5 Å². The number of hydrogen-bond donors (Lipinski definition) is 0. The Kier molecular flexibility index (Phi) is 5.11. The molecule has 22 heavy (non-hydrogen) atoms. The molecule has 1 saturated heterocycles. The van der Waals surface area contributed by atoms with E-state index in [4.69, 9.17) is 4.74 Å². The molecule has 1 aliphatic rings. The minimum absolute atomic E-state index is 0.0563. The lowest BCUT2D eigenvalue weighted by Gasteiger charge is -2.33. The van der Waals surface area contributed by atoms with Crippen LogP contribution in [-0.4, -0.2) is 35.9 Å². The number of carbonyl (C=O) groups excluding carboxylic acids is 1. The van der Waals surface area contributed by atoms with E-state index in [9.17, 15) is 13.6 Å². The zero-order valence-corrected chi connectivity index (χ0v) is 12.8. The quantitative estimate of drug-likeness (QED) is 0.620. The lowest BCUT2D eigenvalue weighted by Crippen LogP contribution is -2.48. The topological polar surface area (TPSA) is 41.9 Å². The summed E-state index contributed by atoms with van der Waals surface area (Å²) in [6, 6.07) is 3.91. The number of nitrogens with zero attached hydrogens (tertiary/aromatic N) is 2. The van der Waals surface area contributed by atoms with E-state index in [1.807, 2.05) is 6.92 Å². The highest BCUT2D eigenvalue weighted by Crippen LogP contribution is 2.34. The Morgan fingerprint density at radius 1 is 1.45 bits per heavy atom. The monoisotopic (exact) mass is 310 g/mol. The predicted molar refractivity (Wildman–Crippen MR) is 79.5 cm³/mol. The summed E-state index contributed by atoms with van der Waals surface area (Å²) in [4.78, 5) is 12.3. The van der Waals surface area contributed by atoms with Crippen LogP contribution in [0.15, 0.2) is 23.3 Å². The molecular formula is C16H20F2N2O2. The van der Waals surface area contributed by atoms with Crippen molar-refractivity contribution in [2.75, 3.05) is 13.2 Å². The van der Waals surface area contributed by atoms with Crippen molar-refractivity contribution in [3.63, 3.8) is 0 Å². The van der Waals surface area contributed by atoms with Crippen molar-refractivity contribution < 1.29 is 18.3 Å². The van der Waals surface area contributed by atoms with Crippen molar-refractivity contribution in [2.45, 2.75) is 38.6 Å². The van der Waals surface area contributed by atoms with E-state index < -0.39 is 17.2 Å². The molecule has 120 valence electrons. The van der Waals surface area contributed by atoms with Crippen LogP contribution < -0.4 is 0 Å². The summed E-state index contributed by atoms with van der Waals surface area (Å²) in [6.07, 6.45) is 3.25. The molecule has 0 bridgehead atoms. The number of halogens is 2. The summed E-state index contributed by atoms with van der Waals surface area (Å²) >= 11 is 0. The summed E-state index contributed by atoms with van der Waals surface area (Å²) in [6.45, 7) is 4.54. The first-order valence-electron chi connectivity index (χ1n) is 7.48. The molecule has 1 aromatic carbocycles. The van der Waals surface area contributed by atoms with Crippen LogP contribution in [0.3, 0.4) is 0 Å². The highest BCUT2D eigenvalue weighted by atomic mass is 19.2. The van der Waals surface area contributed by atoms with Crippen LogP contribution >= 0.6 is 0 Å². The van der Waals surface area contributed by atoms with E-state index in [1.165, 1.54) is 18.3 Å². The summed E-state index contributed by atoms with van der Waals surface area (Å²) < 4.78 is 32.0. The van der Waals surface area contributed by atoms with Gasteiger partial charge in [-0.3, -0.25) is 5.01 Å². The highest BCUT2D eigenvalue weighted by Gasteiger charge is 2.47. The molecule has 0 N–H and O–H groups in total. The molecule has 0 spiro atoms. The third kappa shape index (κ3) is 2.96. The minimum atomic E-state index is -0.941. The predicted octanol–water partition coefficient (Wildman–Crippen LogP) is 3.11. The normalized spacial score (nSPS) is 21.5. The Hall–Kier alpha value is -1.98. The zero-order chi connectivity index (χ0) is 16.2. The van der Waals surface area contributed by atoms with Crippen molar-refractivity contribution >= 4 is 12.2 Å². The summed E-state index contributed by atoms with van der Waals surface area (Å²) in [5, 5.41) is 5.86. The van der Waals surface area contributed by atoms with Gasteiger partial charge in [0.25, 0.3) is 0 Å². The molecule has 0 unspecified atom stereocenters. The van der Waals surface area contributed by atoms with E-state index in [0.29, 0.717) is 26.0 Å². The smallest absolute Gasteiger partial charge is 0.333 e. The van der Waals surface area contributed by atoms with E-state index in [1.54, 1.807) is 11.9 Å². The number of benzene rings is 1. The van der Waals surface area contributed by atoms with Gasteiger partial charge >= 0.3 is 5.97 Å². The number of rotatable bonds is 5. The lowest BCUT2D eigenvalue weighted by atomic mass is 9.94. The summed E-state index contributed by atoms with van der Waals surface area (Å²) in [5.74, 6) is -2.17. The maximum absolute atomic E-state index is 13.7. The van der Waals surface area contributed by atoms with Gasteiger partial charge in [-0.2, -0.15) is 5.10 Å². The molecule has 0 aromatic heterocycles. The highest BCUT2D eigenvalue weighted by molar-refractivity contribution is 5.83. The van der Waals surface area contributed by atoms with Gasteiger partial charge in [0, 0.05) is 12.1 Å². The van der Waals surface area contributed by atoms with Gasteiger partial charge in [-0.25, -0.2) is 13.6 Å². The van der Waals surface area contributed by atoms with Crippen LogP contribution in [0.5, 0.6) is 0 Å². The molecule has 1 aliphatic heterocycles. The van der Waals surface area contributed by atoms with Gasteiger partial charge in [-0.1, -0.05) is 19.1 Å². The maximum Gasteiger partial charge on any atom is 0.333 e. The summed E-state index contributed by atoms with van der Waals surface area (Å²) in [5.41, 5.74) is -0.753. The third-order valence-corrected chi connectivity index (χ3v) is 4.01. The first-order chi connectivity index (χ1) is 10.5. The average Bonchev–Trinajstić information content (AvgIpc) is 2.93.